The number of nitrogens with zero attached hydrogens (tertiary/aromatic N) is 4. The molecule has 1 aromatic heterocycles. The molecule has 0 aliphatic carbocycles. The summed E-state index contributed by atoms with van der Waals surface area (Å²) in [5, 5.41) is 11.4. The van der Waals surface area contributed by atoms with E-state index in [0.717, 1.165) is 24.7 Å². The third-order valence-electron chi connectivity index (χ3n) is 5.03. The third kappa shape index (κ3) is 6.13. The van der Waals surface area contributed by atoms with Gasteiger partial charge >= 0.3 is 0 Å². The number of hydrogen-bond donors (Lipinski definition) is 2. The molecule has 2 rings (SSSR count). The zero-order valence-corrected chi connectivity index (χ0v) is 18.8. The zero-order valence-electron chi connectivity index (χ0n) is 16.4. The molecule has 1 aliphatic heterocycles. The Morgan fingerprint density at radius 2 is 1.88 bits per heavy atom. The summed E-state index contributed by atoms with van der Waals surface area (Å²) in [4.78, 5) is 7.38. The SMILES string of the molecule is CCNC(=NCc1c(C)nn(C)c1C)NCC(CC)N1CCCC1.I. The second-order valence-electron chi connectivity index (χ2n) is 6.65. The molecule has 2 heterocycles. The molecule has 1 aromatic rings. The average Bonchev–Trinajstić information content (AvgIpc) is 3.16. The Labute approximate surface area is 169 Å². The lowest BCUT2D eigenvalue weighted by Gasteiger charge is -2.27. The largest absolute Gasteiger partial charge is 0.357 e. The number of aromatic nitrogens is 2. The fourth-order valence-electron chi connectivity index (χ4n) is 3.40. The second-order valence-corrected chi connectivity index (χ2v) is 6.65. The number of halogens is 1. The Bertz CT molecular complexity index is 548. The summed E-state index contributed by atoms with van der Waals surface area (Å²) in [6.07, 6.45) is 3.85. The number of guanidine groups is 1. The monoisotopic (exact) mass is 462 g/mol. The smallest absolute Gasteiger partial charge is 0.191 e. The number of aryl methyl sites for hydroxylation is 2. The van der Waals surface area contributed by atoms with E-state index < -0.39 is 0 Å². The van der Waals surface area contributed by atoms with Crippen LogP contribution in [0.4, 0.5) is 0 Å². The number of rotatable bonds is 7. The van der Waals surface area contributed by atoms with Gasteiger partial charge in [0.2, 0.25) is 0 Å². The highest BCUT2D eigenvalue weighted by molar-refractivity contribution is 14.0. The first-order chi connectivity index (χ1) is 11.6. The highest BCUT2D eigenvalue weighted by atomic mass is 127. The predicted octanol–water partition coefficient (Wildman–Crippen LogP) is 2.58. The molecule has 6 nitrogen and oxygen atoms in total. The molecule has 144 valence electrons. The summed E-state index contributed by atoms with van der Waals surface area (Å²) in [6, 6.07) is 0.596. The Morgan fingerprint density at radius 3 is 2.40 bits per heavy atom. The van der Waals surface area contributed by atoms with Crippen molar-refractivity contribution in [3.8, 4) is 0 Å². The maximum Gasteiger partial charge on any atom is 0.191 e. The van der Waals surface area contributed by atoms with Crippen LogP contribution in [-0.4, -0.2) is 52.9 Å². The van der Waals surface area contributed by atoms with Crippen LogP contribution in [0.25, 0.3) is 0 Å². The first-order valence-electron chi connectivity index (χ1n) is 9.32. The molecule has 0 bridgehead atoms. The van der Waals surface area contributed by atoms with E-state index in [1.807, 2.05) is 11.7 Å². The molecule has 25 heavy (non-hydrogen) atoms. The standard InChI is InChI=1S/C18H34N6.HI/c1-6-16(24-10-8-9-11-24)12-20-18(19-7-2)21-13-17-14(3)22-23(5)15(17)4;/h16H,6-13H2,1-5H3,(H2,19,20,21);1H. The van der Waals surface area contributed by atoms with E-state index in [0.29, 0.717) is 12.6 Å². The Balaban J connectivity index is 0.00000312. The normalized spacial score (nSPS) is 16.6. The molecule has 0 amide bonds. The van der Waals surface area contributed by atoms with Crippen LogP contribution in [0, 0.1) is 13.8 Å². The van der Waals surface area contributed by atoms with Crippen LogP contribution in [0.15, 0.2) is 4.99 Å². The maximum absolute atomic E-state index is 4.77. The fourth-order valence-corrected chi connectivity index (χ4v) is 3.40. The van der Waals surface area contributed by atoms with Crippen molar-refractivity contribution >= 4 is 29.9 Å². The molecular formula is C18H35IN6. The topological polar surface area (TPSA) is 57.5 Å². The van der Waals surface area contributed by atoms with Gasteiger partial charge in [0.25, 0.3) is 0 Å². The molecular weight excluding hydrogens is 427 g/mol. The van der Waals surface area contributed by atoms with Crippen LogP contribution < -0.4 is 10.6 Å². The number of aliphatic imine (C=N–C) groups is 1. The van der Waals surface area contributed by atoms with Crippen molar-refractivity contribution in [3.05, 3.63) is 17.0 Å². The van der Waals surface area contributed by atoms with Crippen LogP contribution in [-0.2, 0) is 13.6 Å². The van der Waals surface area contributed by atoms with Crippen molar-refractivity contribution in [1.82, 2.24) is 25.3 Å². The van der Waals surface area contributed by atoms with Crippen molar-refractivity contribution in [2.75, 3.05) is 26.2 Å². The van der Waals surface area contributed by atoms with E-state index >= 15 is 0 Å². The van der Waals surface area contributed by atoms with Crippen LogP contribution >= 0.6 is 24.0 Å². The lowest BCUT2D eigenvalue weighted by Crippen LogP contribution is -2.46. The molecule has 7 heteroatoms. The highest BCUT2D eigenvalue weighted by Gasteiger charge is 2.20. The van der Waals surface area contributed by atoms with Gasteiger partial charge in [0, 0.05) is 37.4 Å². The van der Waals surface area contributed by atoms with Gasteiger partial charge in [0.15, 0.2) is 5.96 Å². The molecule has 1 atom stereocenters. The van der Waals surface area contributed by atoms with E-state index in [9.17, 15) is 0 Å². The van der Waals surface area contributed by atoms with Gasteiger partial charge in [-0.1, -0.05) is 6.92 Å². The second kappa shape index (κ2) is 11.0. The quantitative estimate of drug-likeness (QED) is 0.372. The maximum atomic E-state index is 4.77. The van der Waals surface area contributed by atoms with Gasteiger partial charge in [-0.2, -0.15) is 5.10 Å². The minimum absolute atomic E-state index is 0. The van der Waals surface area contributed by atoms with Gasteiger partial charge in [-0.05, 0) is 53.1 Å². The molecule has 0 saturated carbocycles. The minimum atomic E-state index is 0. The van der Waals surface area contributed by atoms with Crippen molar-refractivity contribution < 1.29 is 0 Å². The number of likely N-dealkylation sites (tertiary alicyclic amines) is 1. The Kier molecular flexibility index (Phi) is 9.78. The average molecular weight is 462 g/mol. The van der Waals surface area contributed by atoms with Crippen LogP contribution in [0.3, 0.4) is 0 Å². The predicted molar refractivity (Wildman–Crippen MR) is 116 cm³/mol. The van der Waals surface area contributed by atoms with Crippen molar-refractivity contribution in [2.45, 2.75) is 59.5 Å². The van der Waals surface area contributed by atoms with Crippen LogP contribution in [0.1, 0.15) is 50.1 Å². The van der Waals surface area contributed by atoms with Gasteiger partial charge in [0.05, 0.1) is 12.2 Å². The molecule has 0 aromatic carbocycles. The molecule has 0 spiro atoms. The van der Waals surface area contributed by atoms with Gasteiger partial charge in [-0.3, -0.25) is 9.58 Å². The number of hydrogen-bond acceptors (Lipinski definition) is 3. The Hall–Kier alpha value is -0.830. The summed E-state index contributed by atoms with van der Waals surface area (Å²) in [7, 11) is 1.99. The van der Waals surface area contributed by atoms with E-state index in [4.69, 9.17) is 4.99 Å². The lowest BCUT2D eigenvalue weighted by atomic mass is 10.2. The van der Waals surface area contributed by atoms with E-state index in [1.54, 1.807) is 0 Å². The zero-order chi connectivity index (χ0) is 17.5. The first kappa shape index (κ1) is 22.2. The van der Waals surface area contributed by atoms with Crippen molar-refractivity contribution in [1.29, 1.82) is 0 Å². The van der Waals surface area contributed by atoms with E-state index in [1.165, 1.54) is 43.6 Å². The first-order valence-corrected chi connectivity index (χ1v) is 9.32. The van der Waals surface area contributed by atoms with Gasteiger partial charge < -0.3 is 10.6 Å². The molecule has 2 N–H and O–H groups in total. The molecule has 1 aliphatic rings. The highest BCUT2D eigenvalue weighted by Crippen LogP contribution is 2.14. The lowest BCUT2D eigenvalue weighted by molar-refractivity contribution is 0.236. The summed E-state index contributed by atoms with van der Waals surface area (Å²) in [5.74, 6) is 0.901. The van der Waals surface area contributed by atoms with Gasteiger partial charge in [-0.25, -0.2) is 4.99 Å². The van der Waals surface area contributed by atoms with Crippen molar-refractivity contribution in [3.63, 3.8) is 0 Å². The molecule has 1 unspecified atom stereocenters. The van der Waals surface area contributed by atoms with E-state index in [-0.39, 0.29) is 24.0 Å². The minimum Gasteiger partial charge on any atom is -0.357 e. The summed E-state index contributed by atoms with van der Waals surface area (Å²) in [6.45, 7) is 13.5. The van der Waals surface area contributed by atoms with E-state index in [2.05, 4.69) is 48.3 Å². The summed E-state index contributed by atoms with van der Waals surface area (Å²) >= 11 is 0. The molecule has 0 radical (unpaired) electrons. The fraction of sp³-hybridized carbons (Fsp3) is 0.778. The number of nitrogens with one attached hydrogen (secondary N) is 2. The summed E-state index contributed by atoms with van der Waals surface area (Å²) in [5.41, 5.74) is 3.48. The molecule has 1 saturated heterocycles. The molecule has 1 fully saturated rings. The van der Waals surface area contributed by atoms with Crippen LogP contribution in [0.5, 0.6) is 0 Å². The van der Waals surface area contributed by atoms with Crippen LogP contribution in [0.2, 0.25) is 0 Å². The summed E-state index contributed by atoms with van der Waals surface area (Å²) < 4.78 is 1.93. The third-order valence-corrected chi connectivity index (χ3v) is 5.03. The Morgan fingerprint density at radius 1 is 1.20 bits per heavy atom. The van der Waals surface area contributed by atoms with Gasteiger partial charge in [-0.15, -0.1) is 24.0 Å². The van der Waals surface area contributed by atoms with Crippen molar-refractivity contribution in [2.24, 2.45) is 12.0 Å². The van der Waals surface area contributed by atoms with Gasteiger partial charge in [0.1, 0.15) is 0 Å².